The lowest BCUT2D eigenvalue weighted by Crippen LogP contribution is -2.15. The van der Waals surface area contributed by atoms with Crippen molar-refractivity contribution >= 4 is 33.0 Å². The van der Waals surface area contributed by atoms with E-state index >= 15 is 0 Å². The maximum Gasteiger partial charge on any atom is 0.229 e. The Hall–Kier alpha value is -0.940. The Morgan fingerprint density at radius 3 is 2.56 bits per heavy atom. The highest BCUT2D eigenvalue weighted by Crippen LogP contribution is 2.29. The average Bonchev–Trinajstić information content (AvgIpc) is 2.73. The van der Waals surface area contributed by atoms with Gasteiger partial charge in [0.15, 0.2) is 0 Å². The first kappa shape index (κ1) is 13.5. The molecule has 1 fully saturated rings. The van der Waals surface area contributed by atoms with Gasteiger partial charge in [-0.3, -0.25) is 4.72 Å². The summed E-state index contributed by atoms with van der Waals surface area (Å²) >= 11 is 6.11. The van der Waals surface area contributed by atoms with Crippen molar-refractivity contribution in [1.82, 2.24) is 0 Å². The lowest BCUT2D eigenvalue weighted by atomic mass is 10.2. The molecule has 0 spiro atoms. The number of rotatable bonds is 4. The van der Waals surface area contributed by atoms with E-state index in [1.165, 1.54) is 12.8 Å². The number of hydrogen-bond donors (Lipinski definition) is 2. The number of halogens is 1. The standard InChI is InChI=1S/C12H17ClN2O2S/c1-18(16,17)15-10-6-7-11(13)12(8-10)14-9-4-2-3-5-9/h6-9,14-15H,2-5H2,1H3. The fourth-order valence-electron chi connectivity index (χ4n) is 2.20. The van der Waals surface area contributed by atoms with Crippen LogP contribution in [0.1, 0.15) is 25.7 Å². The normalized spacial score (nSPS) is 16.8. The van der Waals surface area contributed by atoms with Crippen LogP contribution in [-0.2, 0) is 10.0 Å². The molecular formula is C12H17ClN2O2S. The van der Waals surface area contributed by atoms with Crippen LogP contribution < -0.4 is 10.0 Å². The van der Waals surface area contributed by atoms with E-state index in [0.29, 0.717) is 16.8 Å². The van der Waals surface area contributed by atoms with Crippen LogP contribution in [0.3, 0.4) is 0 Å². The summed E-state index contributed by atoms with van der Waals surface area (Å²) in [6.45, 7) is 0. The van der Waals surface area contributed by atoms with Crippen LogP contribution in [-0.4, -0.2) is 20.7 Å². The van der Waals surface area contributed by atoms with Gasteiger partial charge in [-0.1, -0.05) is 24.4 Å². The molecule has 100 valence electrons. The topological polar surface area (TPSA) is 58.2 Å². The lowest BCUT2D eigenvalue weighted by molar-refractivity contribution is 0.607. The van der Waals surface area contributed by atoms with E-state index in [0.717, 1.165) is 24.8 Å². The van der Waals surface area contributed by atoms with Crippen LogP contribution in [0.25, 0.3) is 0 Å². The van der Waals surface area contributed by atoms with Crippen LogP contribution >= 0.6 is 11.6 Å². The summed E-state index contributed by atoms with van der Waals surface area (Å²) in [4.78, 5) is 0. The molecule has 1 saturated carbocycles. The highest BCUT2D eigenvalue weighted by molar-refractivity contribution is 7.92. The largest absolute Gasteiger partial charge is 0.381 e. The second-order valence-electron chi connectivity index (χ2n) is 4.69. The zero-order chi connectivity index (χ0) is 13.2. The third kappa shape index (κ3) is 3.78. The van der Waals surface area contributed by atoms with Crippen LogP contribution in [0.15, 0.2) is 18.2 Å². The smallest absolute Gasteiger partial charge is 0.229 e. The van der Waals surface area contributed by atoms with Gasteiger partial charge in [-0.2, -0.15) is 0 Å². The number of nitrogens with one attached hydrogen (secondary N) is 2. The molecule has 1 aliphatic carbocycles. The second kappa shape index (κ2) is 5.36. The minimum Gasteiger partial charge on any atom is -0.381 e. The summed E-state index contributed by atoms with van der Waals surface area (Å²) in [5, 5.41) is 3.98. The van der Waals surface area contributed by atoms with Crippen molar-refractivity contribution in [3.05, 3.63) is 23.2 Å². The van der Waals surface area contributed by atoms with E-state index in [9.17, 15) is 8.42 Å². The molecule has 0 heterocycles. The zero-order valence-electron chi connectivity index (χ0n) is 10.2. The Labute approximate surface area is 113 Å². The fraction of sp³-hybridized carbons (Fsp3) is 0.500. The molecule has 0 atom stereocenters. The van der Waals surface area contributed by atoms with E-state index in [1.807, 2.05) is 0 Å². The van der Waals surface area contributed by atoms with Gasteiger partial charge in [0.25, 0.3) is 0 Å². The molecule has 0 amide bonds. The highest BCUT2D eigenvalue weighted by Gasteiger charge is 2.16. The van der Waals surface area contributed by atoms with E-state index in [1.54, 1.807) is 18.2 Å². The van der Waals surface area contributed by atoms with Gasteiger partial charge >= 0.3 is 0 Å². The second-order valence-corrected chi connectivity index (χ2v) is 6.85. The summed E-state index contributed by atoms with van der Waals surface area (Å²) in [6.07, 6.45) is 5.87. The molecule has 0 unspecified atom stereocenters. The van der Waals surface area contributed by atoms with Crippen molar-refractivity contribution in [1.29, 1.82) is 0 Å². The number of anilines is 2. The quantitative estimate of drug-likeness (QED) is 0.895. The third-order valence-corrected chi connectivity index (χ3v) is 3.92. The minimum atomic E-state index is -3.25. The summed E-state index contributed by atoms with van der Waals surface area (Å²) in [5.41, 5.74) is 1.32. The first-order chi connectivity index (χ1) is 8.44. The summed E-state index contributed by atoms with van der Waals surface area (Å²) < 4.78 is 24.8. The monoisotopic (exact) mass is 288 g/mol. The van der Waals surface area contributed by atoms with Gasteiger partial charge in [-0.25, -0.2) is 8.42 Å². The first-order valence-corrected chi connectivity index (χ1v) is 8.25. The van der Waals surface area contributed by atoms with Crippen LogP contribution in [0, 0.1) is 0 Å². The molecule has 18 heavy (non-hydrogen) atoms. The van der Waals surface area contributed by atoms with Crippen molar-refractivity contribution in [2.75, 3.05) is 16.3 Å². The molecule has 0 aliphatic heterocycles. The number of hydrogen-bond acceptors (Lipinski definition) is 3. The lowest BCUT2D eigenvalue weighted by Gasteiger charge is -2.16. The fourth-order valence-corrected chi connectivity index (χ4v) is 2.93. The molecule has 0 bridgehead atoms. The Balaban J connectivity index is 2.15. The van der Waals surface area contributed by atoms with Crippen molar-refractivity contribution in [2.45, 2.75) is 31.7 Å². The van der Waals surface area contributed by atoms with E-state index in [4.69, 9.17) is 11.6 Å². The van der Waals surface area contributed by atoms with Crippen molar-refractivity contribution in [3.8, 4) is 0 Å². The zero-order valence-corrected chi connectivity index (χ0v) is 11.8. The molecule has 4 nitrogen and oxygen atoms in total. The maximum absolute atomic E-state index is 11.2. The molecule has 1 aromatic rings. The Morgan fingerprint density at radius 2 is 1.94 bits per heavy atom. The van der Waals surface area contributed by atoms with E-state index < -0.39 is 10.0 Å². The maximum atomic E-state index is 11.2. The molecule has 0 saturated heterocycles. The molecule has 2 N–H and O–H groups in total. The van der Waals surface area contributed by atoms with E-state index in [-0.39, 0.29) is 0 Å². The van der Waals surface area contributed by atoms with Crippen molar-refractivity contribution in [3.63, 3.8) is 0 Å². The molecule has 6 heteroatoms. The van der Waals surface area contributed by atoms with Gasteiger partial charge in [0.05, 0.1) is 22.7 Å². The SMILES string of the molecule is CS(=O)(=O)Nc1ccc(Cl)c(NC2CCCC2)c1. The van der Waals surface area contributed by atoms with Crippen LogP contribution in [0.2, 0.25) is 5.02 Å². The van der Waals surface area contributed by atoms with Gasteiger partial charge < -0.3 is 5.32 Å². The molecular weight excluding hydrogens is 272 g/mol. The highest BCUT2D eigenvalue weighted by atomic mass is 35.5. The summed E-state index contributed by atoms with van der Waals surface area (Å²) in [6, 6.07) is 5.54. The Morgan fingerprint density at radius 1 is 1.28 bits per heavy atom. The molecule has 1 aromatic carbocycles. The van der Waals surface area contributed by atoms with Gasteiger partial charge in [0.2, 0.25) is 10.0 Å². The molecule has 0 radical (unpaired) electrons. The van der Waals surface area contributed by atoms with Gasteiger partial charge in [-0.15, -0.1) is 0 Å². The predicted molar refractivity (Wildman–Crippen MR) is 75.8 cm³/mol. The van der Waals surface area contributed by atoms with Crippen LogP contribution in [0.4, 0.5) is 11.4 Å². The third-order valence-electron chi connectivity index (χ3n) is 2.98. The molecule has 1 aliphatic rings. The van der Waals surface area contributed by atoms with Crippen molar-refractivity contribution in [2.24, 2.45) is 0 Å². The Bertz CT molecular complexity index is 525. The van der Waals surface area contributed by atoms with Crippen LogP contribution in [0.5, 0.6) is 0 Å². The Kier molecular flexibility index (Phi) is 4.02. The summed E-state index contributed by atoms with van der Waals surface area (Å²) in [5.74, 6) is 0. The average molecular weight is 289 g/mol. The number of sulfonamides is 1. The first-order valence-electron chi connectivity index (χ1n) is 5.98. The molecule has 0 aromatic heterocycles. The van der Waals surface area contributed by atoms with Gasteiger partial charge in [-0.05, 0) is 31.0 Å². The van der Waals surface area contributed by atoms with Gasteiger partial charge in [0, 0.05) is 6.04 Å². The summed E-state index contributed by atoms with van der Waals surface area (Å²) in [7, 11) is -3.25. The molecule has 2 rings (SSSR count). The number of benzene rings is 1. The van der Waals surface area contributed by atoms with Gasteiger partial charge in [0.1, 0.15) is 0 Å². The van der Waals surface area contributed by atoms with E-state index in [2.05, 4.69) is 10.0 Å². The predicted octanol–water partition coefficient (Wildman–Crippen LogP) is 3.07. The van der Waals surface area contributed by atoms with Crippen molar-refractivity contribution < 1.29 is 8.42 Å². The minimum absolute atomic E-state index is 0.441.